The maximum absolute atomic E-state index is 6.93. The van der Waals surface area contributed by atoms with Crippen molar-refractivity contribution in [1.29, 1.82) is 0 Å². The fraction of sp³-hybridized carbons (Fsp3) is 0.111. The lowest BCUT2D eigenvalue weighted by Crippen LogP contribution is -2.64. The molecule has 0 radical (unpaired) electrons. The highest BCUT2D eigenvalue weighted by Gasteiger charge is 2.61. The number of anilines is 11. The molecular weight excluding hydrogens is 948 g/mol. The summed E-state index contributed by atoms with van der Waals surface area (Å²) >= 11 is 0. The number of furan rings is 1. The number of para-hydroxylation sites is 6. The Hall–Kier alpha value is -9.26. The Morgan fingerprint density at radius 2 is 1.09 bits per heavy atom. The molecule has 1 aromatic heterocycles. The molecule has 0 amide bonds. The molecule has 1 aliphatic carbocycles. The average molecular weight is 1000 g/mol. The van der Waals surface area contributed by atoms with Gasteiger partial charge in [-0.15, -0.1) is 0 Å². The summed E-state index contributed by atoms with van der Waals surface area (Å²) in [4.78, 5) is 10.3. The molecule has 11 aromatic carbocycles. The Labute approximate surface area is 455 Å². The molecule has 3 aliphatic heterocycles. The number of nitrogens with zero attached hydrogens (tertiary/aromatic N) is 4. The summed E-state index contributed by atoms with van der Waals surface area (Å²) in [7, 11) is 0. The quantitative estimate of drug-likeness (QED) is 0.141. The zero-order chi connectivity index (χ0) is 51.7. The molecule has 0 bridgehead atoms. The Balaban J connectivity index is 0.977. The van der Waals surface area contributed by atoms with E-state index in [0.29, 0.717) is 0 Å². The number of benzene rings is 11. The number of hydrogen-bond donors (Lipinski definition) is 0. The fourth-order valence-electron chi connectivity index (χ4n) is 14.6. The number of fused-ring (bicyclic) bond motifs is 11. The van der Waals surface area contributed by atoms with E-state index in [9.17, 15) is 0 Å². The lowest BCUT2D eigenvalue weighted by Gasteiger charge is -2.53. The third-order valence-electron chi connectivity index (χ3n) is 18.3. The highest BCUT2D eigenvalue weighted by atomic mass is 16.3. The van der Waals surface area contributed by atoms with Gasteiger partial charge in [0.2, 0.25) is 0 Å². The van der Waals surface area contributed by atoms with E-state index in [1.165, 1.54) is 73.8 Å². The first-order valence-electron chi connectivity index (χ1n) is 27.7. The van der Waals surface area contributed by atoms with Crippen LogP contribution >= 0.6 is 0 Å². The zero-order valence-electron chi connectivity index (χ0n) is 43.8. The molecule has 0 spiro atoms. The lowest BCUT2D eigenvalue weighted by molar-refractivity contribution is 0.195. The van der Waals surface area contributed by atoms with Crippen LogP contribution in [-0.2, 0) is 5.41 Å². The standard InChI is InChI=1S/C72H55BN4O/c1-71-42-16-17-43-72(71,2)77-66-47-55(75(51-27-8-4-9-28-51)63-38-20-35-59-58-33-14-15-39-67(58)78-70(59)63)46-65-68(66)73(62-37-21-36-60(71)69(62)77)61-41-40-54(45-64(61)76(65)52-29-10-5-11-30-52)74(50-25-6-3-7-26-50)53-31-18-24-49(44-53)57-34-19-23-48-22-12-13-32-56(48)57/h3-15,18-41,44-47H,16-17,42-43H2,1-2H3. The SMILES string of the molecule is CC12CCCCC1(C)N1c3cc(N(c4ccccc4)c4cccc5c4oc4ccccc45)cc4c3B(c3ccc(N(c5ccccc5)c5cccc(-c6cccc7ccccc67)c5)cc3N4c3ccccc3)c3cccc2c31. The van der Waals surface area contributed by atoms with Gasteiger partial charge in [-0.3, -0.25) is 0 Å². The molecule has 2 atom stereocenters. The summed E-state index contributed by atoms with van der Waals surface area (Å²) in [6.07, 6.45) is 4.69. The maximum atomic E-state index is 6.93. The second-order valence-electron chi connectivity index (χ2n) is 22.3. The van der Waals surface area contributed by atoms with Gasteiger partial charge >= 0.3 is 0 Å². The first kappa shape index (κ1) is 45.0. The first-order valence-corrected chi connectivity index (χ1v) is 27.7. The van der Waals surface area contributed by atoms with E-state index >= 15 is 0 Å². The molecule has 0 saturated heterocycles. The van der Waals surface area contributed by atoms with Gasteiger partial charge in [0.15, 0.2) is 5.58 Å². The summed E-state index contributed by atoms with van der Waals surface area (Å²) in [6.45, 7) is 5.11. The molecule has 1 fully saturated rings. The van der Waals surface area contributed by atoms with E-state index in [-0.39, 0.29) is 17.7 Å². The smallest absolute Gasteiger partial charge is 0.252 e. The minimum Gasteiger partial charge on any atom is -0.454 e. The monoisotopic (exact) mass is 1000 g/mol. The van der Waals surface area contributed by atoms with Crippen molar-refractivity contribution >= 4 is 118 Å². The summed E-state index contributed by atoms with van der Waals surface area (Å²) in [6, 6.07) is 91.9. The maximum Gasteiger partial charge on any atom is 0.252 e. The summed E-state index contributed by atoms with van der Waals surface area (Å²) in [5, 5.41) is 4.70. The van der Waals surface area contributed by atoms with Crippen LogP contribution in [0.5, 0.6) is 0 Å². The zero-order valence-corrected chi connectivity index (χ0v) is 43.8. The van der Waals surface area contributed by atoms with Gasteiger partial charge in [-0.2, -0.15) is 0 Å². The topological polar surface area (TPSA) is 26.1 Å². The number of hydrogen-bond acceptors (Lipinski definition) is 5. The second-order valence-corrected chi connectivity index (χ2v) is 22.3. The van der Waals surface area contributed by atoms with Crippen molar-refractivity contribution in [3.63, 3.8) is 0 Å². The van der Waals surface area contributed by atoms with Crippen LogP contribution in [0.25, 0.3) is 43.8 Å². The Morgan fingerprint density at radius 3 is 1.92 bits per heavy atom. The predicted octanol–water partition coefficient (Wildman–Crippen LogP) is 17.7. The molecule has 1 saturated carbocycles. The van der Waals surface area contributed by atoms with Crippen molar-refractivity contribution < 1.29 is 4.42 Å². The third kappa shape index (κ3) is 6.43. The van der Waals surface area contributed by atoms with E-state index in [0.717, 1.165) is 80.3 Å². The van der Waals surface area contributed by atoms with Crippen LogP contribution in [0, 0.1) is 0 Å². The van der Waals surface area contributed by atoms with Crippen LogP contribution in [0.1, 0.15) is 45.1 Å². The largest absolute Gasteiger partial charge is 0.454 e. The Kier molecular flexibility index (Phi) is 9.88. The van der Waals surface area contributed by atoms with Crippen LogP contribution in [0.3, 0.4) is 0 Å². The molecule has 78 heavy (non-hydrogen) atoms. The van der Waals surface area contributed by atoms with Gasteiger partial charge in [-0.25, -0.2) is 0 Å². The molecule has 372 valence electrons. The van der Waals surface area contributed by atoms with Gasteiger partial charge in [0.05, 0.1) is 16.9 Å². The van der Waals surface area contributed by atoms with Crippen molar-refractivity contribution in [2.75, 3.05) is 19.6 Å². The first-order chi connectivity index (χ1) is 38.4. The van der Waals surface area contributed by atoms with E-state index in [1.807, 2.05) is 0 Å². The van der Waals surface area contributed by atoms with Crippen LogP contribution in [0.15, 0.2) is 253 Å². The van der Waals surface area contributed by atoms with Gasteiger partial charge < -0.3 is 24.0 Å². The summed E-state index contributed by atoms with van der Waals surface area (Å²) < 4.78 is 6.93. The van der Waals surface area contributed by atoms with E-state index < -0.39 is 0 Å². The summed E-state index contributed by atoms with van der Waals surface area (Å²) in [5.41, 5.74) is 22.0. The van der Waals surface area contributed by atoms with Gasteiger partial charge in [0.25, 0.3) is 6.71 Å². The minimum atomic E-state index is -0.157. The molecule has 4 heterocycles. The fourth-order valence-corrected chi connectivity index (χ4v) is 14.6. The Morgan fingerprint density at radius 1 is 0.462 bits per heavy atom. The van der Waals surface area contributed by atoms with Crippen LogP contribution in [0.2, 0.25) is 0 Å². The van der Waals surface area contributed by atoms with Crippen molar-refractivity contribution in [3.8, 4) is 11.1 Å². The lowest BCUT2D eigenvalue weighted by atomic mass is 9.33. The van der Waals surface area contributed by atoms with E-state index in [2.05, 4.69) is 282 Å². The molecule has 2 unspecified atom stereocenters. The minimum absolute atomic E-state index is 0.0320. The normalized spacial score (nSPS) is 17.7. The second kappa shape index (κ2) is 17.1. The van der Waals surface area contributed by atoms with Gasteiger partial charge in [0, 0.05) is 67.4 Å². The van der Waals surface area contributed by atoms with Crippen LogP contribution < -0.4 is 36.0 Å². The molecule has 0 N–H and O–H groups in total. The number of rotatable bonds is 8. The van der Waals surface area contributed by atoms with Gasteiger partial charge in [-0.05, 0) is 149 Å². The molecule has 12 aromatic rings. The van der Waals surface area contributed by atoms with E-state index in [4.69, 9.17) is 4.42 Å². The highest BCUT2D eigenvalue weighted by molar-refractivity contribution is 7.00. The molecule has 6 heteroatoms. The average Bonchev–Trinajstić information content (AvgIpc) is 2.35. The molecular formula is C72H55BN4O. The van der Waals surface area contributed by atoms with Crippen molar-refractivity contribution in [2.45, 2.75) is 50.5 Å². The molecule has 5 nitrogen and oxygen atoms in total. The summed E-state index contributed by atoms with van der Waals surface area (Å²) in [5.74, 6) is 0. The van der Waals surface area contributed by atoms with Crippen LogP contribution in [0.4, 0.5) is 62.6 Å². The van der Waals surface area contributed by atoms with Crippen LogP contribution in [-0.4, -0.2) is 12.3 Å². The third-order valence-corrected chi connectivity index (χ3v) is 18.3. The molecule has 16 rings (SSSR count). The highest BCUT2D eigenvalue weighted by Crippen LogP contribution is 2.62. The van der Waals surface area contributed by atoms with Gasteiger partial charge in [-0.1, -0.05) is 184 Å². The van der Waals surface area contributed by atoms with Gasteiger partial charge in [0.1, 0.15) is 5.58 Å². The van der Waals surface area contributed by atoms with Crippen molar-refractivity contribution in [1.82, 2.24) is 0 Å². The predicted molar refractivity (Wildman–Crippen MR) is 328 cm³/mol. The molecule has 4 aliphatic rings. The van der Waals surface area contributed by atoms with E-state index in [1.54, 1.807) is 0 Å². The van der Waals surface area contributed by atoms with Crippen molar-refractivity contribution in [3.05, 3.63) is 254 Å². The Bertz CT molecular complexity index is 4360. The van der Waals surface area contributed by atoms with Crippen molar-refractivity contribution in [2.24, 2.45) is 0 Å².